The summed E-state index contributed by atoms with van der Waals surface area (Å²) in [7, 11) is 1.50. The van der Waals surface area contributed by atoms with E-state index in [1.807, 2.05) is 0 Å². The molecule has 0 aliphatic carbocycles. The maximum atomic E-state index is 11.7. The van der Waals surface area contributed by atoms with Gasteiger partial charge in [-0.3, -0.25) is 15.0 Å². The van der Waals surface area contributed by atoms with Gasteiger partial charge in [-0.15, -0.1) is 0 Å². The molecule has 0 bridgehead atoms. The number of hydrogen-bond donors (Lipinski definition) is 3. The fourth-order valence-electron chi connectivity index (χ4n) is 2.96. The highest BCUT2D eigenvalue weighted by molar-refractivity contribution is 5.95. The average Bonchev–Trinajstić information content (AvgIpc) is 2.98. The molecule has 18 heavy (non-hydrogen) atoms. The lowest BCUT2D eigenvalue weighted by Crippen LogP contribution is -2.49. The minimum Gasteiger partial charge on any atom is -0.341 e. The van der Waals surface area contributed by atoms with Crippen molar-refractivity contribution in [1.29, 1.82) is 0 Å². The van der Waals surface area contributed by atoms with Gasteiger partial charge >= 0.3 is 6.03 Å². The van der Waals surface area contributed by atoms with Crippen LogP contribution in [-0.4, -0.2) is 55.6 Å². The first-order valence-corrected chi connectivity index (χ1v) is 6.69. The van der Waals surface area contributed by atoms with E-state index in [0.717, 1.165) is 25.9 Å². The average molecular weight is 254 g/mol. The van der Waals surface area contributed by atoms with Crippen LogP contribution in [0.1, 0.15) is 25.7 Å². The molecule has 0 aromatic rings. The van der Waals surface area contributed by atoms with Crippen molar-refractivity contribution < 1.29 is 9.59 Å². The Labute approximate surface area is 107 Å². The van der Waals surface area contributed by atoms with Gasteiger partial charge < -0.3 is 10.6 Å². The Kier molecular flexibility index (Phi) is 4.54. The molecule has 0 aromatic heterocycles. The van der Waals surface area contributed by atoms with Crippen LogP contribution in [0.15, 0.2) is 0 Å². The fraction of sp³-hybridized carbons (Fsp3) is 0.833. The second-order valence-corrected chi connectivity index (χ2v) is 5.01. The van der Waals surface area contributed by atoms with E-state index >= 15 is 0 Å². The van der Waals surface area contributed by atoms with Crippen molar-refractivity contribution in [1.82, 2.24) is 20.9 Å². The summed E-state index contributed by atoms with van der Waals surface area (Å²) in [6.07, 6.45) is 4.69. The monoisotopic (exact) mass is 254 g/mol. The van der Waals surface area contributed by atoms with Crippen LogP contribution < -0.4 is 16.0 Å². The molecule has 0 spiro atoms. The van der Waals surface area contributed by atoms with Gasteiger partial charge in [-0.2, -0.15) is 0 Å². The van der Waals surface area contributed by atoms with Crippen molar-refractivity contribution in [3.63, 3.8) is 0 Å². The Bertz CT molecular complexity index is 315. The highest BCUT2D eigenvalue weighted by Gasteiger charge is 2.34. The standard InChI is InChI=1S/C12H22N4O2/c1-13-12(18)15-11(17)8-16-7-3-5-10(16)9-4-2-6-14-9/h9-10,14H,2-8H2,1H3,(H2,13,15,17,18). The molecule has 3 N–H and O–H groups in total. The summed E-state index contributed by atoms with van der Waals surface area (Å²) in [4.78, 5) is 25.0. The van der Waals surface area contributed by atoms with Gasteiger partial charge in [0, 0.05) is 19.1 Å². The third-order valence-corrected chi connectivity index (χ3v) is 3.80. The molecule has 2 unspecified atom stereocenters. The first-order valence-electron chi connectivity index (χ1n) is 6.69. The molecule has 2 fully saturated rings. The Balaban J connectivity index is 1.83. The molecule has 2 saturated heterocycles. The SMILES string of the molecule is CNC(=O)NC(=O)CN1CCCC1C1CCCN1. The van der Waals surface area contributed by atoms with Gasteiger partial charge in [0.25, 0.3) is 0 Å². The molecule has 0 radical (unpaired) electrons. The summed E-state index contributed by atoms with van der Waals surface area (Å²) in [5, 5.41) is 8.20. The van der Waals surface area contributed by atoms with Crippen LogP contribution in [0, 0.1) is 0 Å². The molecular weight excluding hydrogens is 232 g/mol. The van der Waals surface area contributed by atoms with E-state index in [-0.39, 0.29) is 5.91 Å². The molecule has 3 amide bonds. The first-order chi connectivity index (χ1) is 8.70. The van der Waals surface area contributed by atoms with Crippen LogP contribution in [0.5, 0.6) is 0 Å². The van der Waals surface area contributed by atoms with E-state index in [1.165, 1.54) is 19.9 Å². The number of hydrogen-bond acceptors (Lipinski definition) is 4. The lowest BCUT2D eigenvalue weighted by atomic mass is 10.0. The summed E-state index contributed by atoms with van der Waals surface area (Å²) in [5.74, 6) is -0.223. The number of rotatable bonds is 3. The van der Waals surface area contributed by atoms with Crippen LogP contribution in [0.3, 0.4) is 0 Å². The van der Waals surface area contributed by atoms with Crippen molar-refractivity contribution in [3.8, 4) is 0 Å². The van der Waals surface area contributed by atoms with Crippen molar-refractivity contribution in [3.05, 3.63) is 0 Å². The normalized spacial score (nSPS) is 28.3. The van der Waals surface area contributed by atoms with Crippen molar-refractivity contribution >= 4 is 11.9 Å². The minimum atomic E-state index is -0.435. The topological polar surface area (TPSA) is 73.5 Å². The zero-order chi connectivity index (χ0) is 13.0. The maximum Gasteiger partial charge on any atom is 0.321 e. The van der Waals surface area contributed by atoms with Crippen molar-refractivity contribution in [2.45, 2.75) is 37.8 Å². The molecule has 6 nitrogen and oxygen atoms in total. The molecule has 2 aliphatic rings. The van der Waals surface area contributed by atoms with Crippen molar-refractivity contribution in [2.24, 2.45) is 0 Å². The number of nitrogens with one attached hydrogen (secondary N) is 3. The number of nitrogens with zero attached hydrogens (tertiary/aromatic N) is 1. The zero-order valence-corrected chi connectivity index (χ0v) is 10.9. The van der Waals surface area contributed by atoms with Crippen LogP contribution >= 0.6 is 0 Å². The molecule has 2 rings (SSSR count). The molecule has 0 saturated carbocycles. The number of imide groups is 1. The zero-order valence-electron chi connectivity index (χ0n) is 10.9. The first kappa shape index (κ1) is 13.3. The predicted molar refractivity (Wildman–Crippen MR) is 68.2 cm³/mol. The van der Waals surface area contributed by atoms with E-state index in [9.17, 15) is 9.59 Å². The van der Waals surface area contributed by atoms with Gasteiger partial charge in [0.2, 0.25) is 5.91 Å². The molecule has 0 aromatic carbocycles. The van der Waals surface area contributed by atoms with E-state index in [0.29, 0.717) is 18.6 Å². The van der Waals surface area contributed by atoms with Gasteiger partial charge in [-0.05, 0) is 38.8 Å². The highest BCUT2D eigenvalue weighted by Crippen LogP contribution is 2.24. The Morgan fingerprint density at radius 1 is 1.33 bits per heavy atom. The second-order valence-electron chi connectivity index (χ2n) is 5.01. The molecule has 102 valence electrons. The summed E-state index contributed by atoms with van der Waals surface area (Å²) < 4.78 is 0. The summed E-state index contributed by atoms with van der Waals surface area (Å²) in [6.45, 7) is 2.35. The van der Waals surface area contributed by atoms with Gasteiger partial charge in [-0.1, -0.05) is 0 Å². The molecule has 2 atom stereocenters. The van der Waals surface area contributed by atoms with E-state index in [1.54, 1.807) is 0 Å². The lowest BCUT2D eigenvalue weighted by molar-refractivity contribution is -0.121. The number of carbonyl (C=O) groups is 2. The molecular formula is C12H22N4O2. The van der Waals surface area contributed by atoms with Crippen LogP contribution in [0.4, 0.5) is 4.79 Å². The number of urea groups is 1. The predicted octanol–water partition coefficient (Wildman–Crippen LogP) is -0.342. The van der Waals surface area contributed by atoms with Crippen molar-refractivity contribution in [2.75, 3.05) is 26.7 Å². The number of likely N-dealkylation sites (tertiary alicyclic amines) is 1. The van der Waals surface area contributed by atoms with E-state index in [2.05, 4.69) is 20.9 Å². The molecule has 2 heterocycles. The van der Waals surface area contributed by atoms with Crippen LogP contribution in [0.25, 0.3) is 0 Å². The Hall–Kier alpha value is -1.14. The Morgan fingerprint density at radius 2 is 2.17 bits per heavy atom. The number of amides is 3. The molecule has 2 aliphatic heterocycles. The third kappa shape index (κ3) is 3.20. The summed E-state index contributed by atoms with van der Waals surface area (Å²) in [6, 6.07) is 0.526. The summed E-state index contributed by atoms with van der Waals surface area (Å²) in [5.41, 5.74) is 0. The third-order valence-electron chi connectivity index (χ3n) is 3.80. The smallest absolute Gasteiger partial charge is 0.321 e. The van der Waals surface area contributed by atoms with E-state index in [4.69, 9.17) is 0 Å². The van der Waals surface area contributed by atoms with E-state index < -0.39 is 6.03 Å². The Morgan fingerprint density at radius 3 is 2.83 bits per heavy atom. The molecule has 6 heteroatoms. The quantitative estimate of drug-likeness (QED) is 0.644. The largest absolute Gasteiger partial charge is 0.341 e. The van der Waals surface area contributed by atoms with Gasteiger partial charge in [-0.25, -0.2) is 4.79 Å². The van der Waals surface area contributed by atoms with Gasteiger partial charge in [0.05, 0.1) is 6.54 Å². The summed E-state index contributed by atoms with van der Waals surface area (Å²) >= 11 is 0. The number of carbonyl (C=O) groups excluding carboxylic acids is 2. The van der Waals surface area contributed by atoms with Gasteiger partial charge in [0.15, 0.2) is 0 Å². The second kappa shape index (κ2) is 6.15. The van der Waals surface area contributed by atoms with Crippen LogP contribution in [-0.2, 0) is 4.79 Å². The van der Waals surface area contributed by atoms with Crippen LogP contribution in [0.2, 0.25) is 0 Å². The fourth-order valence-corrected chi connectivity index (χ4v) is 2.96. The van der Waals surface area contributed by atoms with Gasteiger partial charge in [0.1, 0.15) is 0 Å². The minimum absolute atomic E-state index is 0.223. The maximum absolute atomic E-state index is 11.7. The highest BCUT2D eigenvalue weighted by atomic mass is 16.2. The lowest BCUT2D eigenvalue weighted by Gasteiger charge is -2.28.